The fourth-order valence-electron chi connectivity index (χ4n) is 2.26. The Hall–Kier alpha value is -1.59. The molecule has 0 fully saturated rings. The minimum atomic E-state index is -0.921. The van der Waals surface area contributed by atoms with Crippen molar-refractivity contribution in [2.24, 2.45) is 5.73 Å². The highest BCUT2D eigenvalue weighted by Gasteiger charge is 2.18. The van der Waals surface area contributed by atoms with Gasteiger partial charge in [-0.15, -0.1) is 0 Å². The van der Waals surface area contributed by atoms with Crippen LogP contribution in [0.25, 0.3) is 0 Å². The first-order valence-electron chi connectivity index (χ1n) is 7.64. The second-order valence-electron chi connectivity index (χ2n) is 5.28. The van der Waals surface area contributed by atoms with E-state index in [1.807, 2.05) is 25.1 Å². The molecule has 0 heterocycles. The van der Waals surface area contributed by atoms with Gasteiger partial charge in [0.1, 0.15) is 0 Å². The van der Waals surface area contributed by atoms with Crippen LogP contribution in [0.2, 0.25) is 0 Å². The first-order valence-corrected chi connectivity index (χ1v) is 7.64. The van der Waals surface area contributed by atoms with Crippen LogP contribution in [0.1, 0.15) is 38.2 Å². The van der Waals surface area contributed by atoms with Gasteiger partial charge in [0.25, 0.3) is 0 Å². The number of aryl methyl sites for hydroxylation is 1. The van der Waals surface area contributed by atoms with E-state index < -0.39 is 6.09 Å². The lowest BCUT2D eigenvalue weighted by Gasteiger charge is -2.27. The second-order valence-corrected chi connectivity index (χ2v) is 5.28. The van der Waals surface area contributed by atoms with E-state index >= 15 is 0 Å². The molecule has 5 nitrogen and oxygen atoms in total. The van der Waals surface area contributed by atoms with Crippen LogP contribution in [-0.4, -0.2) is 35.3 Å². The molecular weight excluding hydrogens is 266 g/mol. The summed E-state index contributed by atoms with van der Waals surface area (Å²) in [6.45, 7) is 3.23. The minimum absolute atomic E-state index is 0.0379. The molecule has 0 spiro atoms. The lowest BCUT2D eigenvalue weighted by Crippen LogP contribution is -2.48. The number of hydrogen-bond donors (Lipinski definition) is 3. The van der Waals surface area contributed by atoms with E-state index in [2.05, 4.69) is 17.6 Å². The summed E-state index contributed by atoms with van der Waals surface area (Å²) in [4.78, 5) is 11.3. The van der Waals surface area contributed by atoms with Gasteiger partial charge in [0.15, 0.2) is 0 Å². The third kappa shape index (κ3) is 7.11. The number of carboxylic acid groups (broad SMARTS) is 1. The van der Waals surface area contributed by atoms with Crippen molar-refractivity contribution in [2.45, 2.75) is 45.1 Å². The number of nitrogens with one attached hydrogen (secondary N) is 1. The molecule has 0 saturated heterocycles. The van der Waals surface area contributed by atoms with Crippen molar-refractivity contribution in [3.05, 3.63) is 35.9 Å². The Morgan fingerprint density at radius 3 is 2.62 bits per heavy atom. The molecule has 1 aromatic carbocycles. The maximum absolute atomic E-state index is 11.3. The standard InChI is InChI=1S/C16H27N3O2/c1-14(8-7-11-15-9-3-2-4-10-15)19(16(20)21)18-13-6-5-12-17/h2-4,9-10,14,18H,5-8,11-13,17H2,1H3,(H,20,21)/t14-/m1/s1. The van der Waals surface area contributed by atoms with Gasteiger partial charge in [-0.05, 0) is 51.1 Å². The highest BCUT2D eigenvalue weighted by molar-refractivity contribution is 5.64. The molecule has 5 heteroatoms. The molecule has 118 valence electrons. The third-order valence-corrected chi connectivity index (χ3v) is 3.49. The molecule has 1 rings (SSSR count). The quantitative estimate of drug-likeness (QED) is 0.458. The molecule has 4 N–H and O–H groups in total. The minimum Gasteiger partial charge on any atom is -0.464 e. The van der Waals surface area contributed by atoms with E-state index in [1.165, 1.54) is 10.6 Å². The maximum Gasteiger partial charge on any atom is 0.422 e. The summed E-state index contributed by atoms with van der Waals surface area (Å²) in [5.74, 6) is 0. The van der Waals surface area contributed by atoms with Gasteiger partial charge < -0.3 is 10.8 Å². The Morgan fingerprint density at radius 2 is 2.00 bits per heavy atom. The molecule has 1 aromatic rings. The molecule has 0 aliphatic heterocycles. The monoisotopic (exact) mass is 293 g/mol. The first kappa shape index (κ1) is 17.5. The van der Waals surface area contributed by atoms with E-state index in [0.29, 0.717) is 13.1 Å². The van der Waals surface area contributed by atoms with Crippen LogP contribution < -0.4 is 11.2 Å². The van der Waals surface area contributed by atoms with Gasteiger partial charge in [-0.1, -0.05) is 30.3 Å². The van der Waals surface area contributed by atoms with E-state index in [1.54, 1.807) is 0 Å². The maximum atomic E-state index is 11.3. The summed E-state index contributed by atoms with van der Waals surface area (Å²) in [6.07, 6.45) is 3.66. The van der Waals surface area contributed by atoms with Crippen LogP contribution in [0.4, 0.5) is 4.79 Å². The molecule has 0 aliphatic rings. The summed E-state index contributed by atoms with van der Waals surface area (Å²) < 4.78 is 0. The van der Waals surface area contributed by atoms with E-state index in [-0.39, 0.29) is 6.04 Å². The smallest absolute Gasteiger partial charge is 0.422 e. The van der Waals surface area contributed by atoms with Gasteiger partial charge in [-0.25, -0.2) is 15.2 Å². The van der Waals surface area contributed by atoms with Crippen molar-refractivity contribution in [3.63, 3.8) is 0 Å². The van der Waals surface area contributed by atoms with Gasteiger partial charge in [0.05, 0.1) is 0 Å². The predicted octanol–water partition coefficient (Wildman–Crippen LogP) is 2.62. The summed E-state index contributed by atoms with van der Waals surface area (Å²) >= 11 is 0. The molecule has 0 saturated carbocycles. The SMILES string of the molecule is C[C@H](CCCc1ccccc1)N(NCCCCN)C(=O)O. The first-order chi connectivity index (χ1) is 10.1. The molecule has 0 unspecified atom stereocenters. The molecule has 0 bridgehead atoms. The van der Waals surface area contributed by atoms with E-state index in [9.17, 15) is 9.90 Å². The number of nitrogens with two attached hydrogens (primary N) is 1. The van der Waals surface area contributed by atoms with Crippen LogP contribution in [0.3, 0.4) is 0 Å². The molecule has 0 radical (unpaired) electrons. The Morgan fingerprint density at radius 1 is 1.29 bits per heavy atom. The number of hydrogen-bond acceptors (Lipinski definition) is 3. The molecule has 1 amide bonds. The zero-order valence-corrected chi connectivity index (χ0v) is 12.8. The van der Waals surface area contributed by atoms with Crippen molar-refractivity contribution < 1.29 is 9.90 Å². The predicted molar refractivity (Wildman–Crippen MR) is 85.0 cm³/mol. The number of amides is 1. The number of hydrazine groups is 1. The van der Waals surface area contributed by atoms with Gasteiger partial charge in [0, 0.05) is 12.6 Å². The summed E-state index contributed by atoms with van der Waals surface area (Å²) in [5.41, 5.74) is 9.70. The third-order valence-electron chi connectivity index (χ3n) is 3.49. The Balaban J connectivity index is 2.31. The van der Waals surface area contributed by atoms with Crippen LogP contribution >= 0.6 is 0 Å². The summed E-state index contributed by atoms with van der Waals surface area (Å²) in [7, 11) is 0. The van der Waals surface area contributed by atoms with Crippen LogP contribution in [0.5, 0.6) is 0 Å². The molecule has 1 atom stereocenters. The van der Waals surface area contributed by atoms with Gasteiger partial charge in [-0.3, -0.25) is 0 Å². The van der Waals surface area contributed by atoms with Crippen LogP contribution in [-0.2, 0) is 6.42 Å². The lowest BCUT2D eigenvalue weighted by molar-refractivity contribution is 0.0936. The Bertz CT molecular complexity index is 398. The fraction of sp³-hybridized carbons (Fsp3) is 0.562. The van der Waals surface area contributed by atoms with Crippen molar-refractivity contribution in [2.75, 3.05) is 13.1 Å². The zero-order chi connectivity index (χ0) is 15.5. The average Bonchev–Trinajstić information content (AvgIpc) is 2.47. The van der Waals surface area contributed by atoms with Crippen molar-refractivity contribution in [1.29, 1.82) is 0 Å². The van der Waals surface area contributed by atoms with Crippen molar-refractivity contribution >= 4 is 6.09 Å². The van der Waals surface area contributed by atoms with Crippen LogP contribution in [0.15, 0.2) is 30.3 Å². The Kier molecular flexibility index (Phi) is 8.47. The molecule has 0 aliphatic carbocycles. The van der Waals surface area contributed by atoms with Gasteiger partial charge in [-0.2, -0.15) is 0 Å². The average molecular weight is 293 g/mol. The number of carbonyl (C=O) groups is 1. The van der Waals surface area contributed by atoms with Crippen molar-refractivity contribution in [3.8, 4) is 0 Å². The van der Waals surface area contributed by atoms with Crippen molar-refractivity contribution in [1.82, 2.24) is 10.4 Å². The summed E-state index contributed by atoms with van der Waals surface area (Å²) in [5, 5.41) is 10.6. The molecule has 0 aromatic heterocycles. The molecule has 21 heavy (non-hydrogen) atoms. The topological polar surface area (TPSA) is 78.6 Å². The van der Waals surface area contributed by atoms with E-state index in [0.717, 1.165) is 32.1 Å². The largest absolute Gasteiger partial charge is 0.464 e. The second kappa shape index (κ2) is 10.2. The van der Waals surface area contributed by atoms with Crippen LogP contribution in [0, 0.1) is 0 Å². The van der Waals surface area contributed by atoms with E-state index in [4.69, 9.17) is 5.73 Å². The highest BCUT2D eigenvalue weighted by Crippen LogP contribution is 2.10. The number of benzene rings is 1. The lowest BCUT2D eigenvalue weighted by atomic mass is 10.1. The normalized spacial score (nSPS) is 12.1. The summed E-state index contributed by atoms with van der Waals surface area (Å²) in [6, 6.07) is 10.2. The Labute approximate surface area is 127 Å². The number of nitrogens with zero attached hydrogens (tertiary/aromatic N) is 1. The fourth-order valence-corrected chi connectivity index (χ4v) is 2.26. The number of rotatable bonds is 10. The molecular formula is C16H27N3O2. The zero-order valence-electron chi connectivity index (χ0n) is 12.8. The van der Waals surface area contributed by atoms with Gasteiger partial charge in [0.2, 0.25) is 0 Å². The van der Waals surface area contributed by atoms with Gasteiger partial charge >= 0.3 is 6.09 Å². The highest BCUT2D eigenvalue weighted by atomic mass is 16.4. The number of unbranched alkanes of at least 4 members (excludes halogenated alkanes) is 1.